The van der Waals surface area contributed by atoms with E-state index in [9.17, 15) is 9.59 Å². The molecule has 0 radical (unpaired) electrons. The van der Waals surface area contributed by atoms with Gasteiger partial charge in [-0.3, -0.25) is 14.6 Å². The Labute approximate surface area is 176 Å². The molecule has 0 unspecified atom stereocenters. The molecule has 30 heavy (non-hydrogen) atoms. The SMILES string of the molecule is C[C@]12CC=C3C=C4CCC(=O)C[C@]45CC[C@]3(O5)[C@@H]1CC=C2C(=O)Nc1cccnc1. The Morgan fingerprint density at radius 1 is 1.27 bits per heavy atom. The van der Waals surface area contributed by atoms with E-state index in [0.29, 0.717) is 24.3 Å². The standard InChI is InChI=1S/C25H26N2O3/c1-23-9-8-17-13-16-4-5-19(28)14-24(16)10-11-25(17,30-24)21(23)7-6-20(23)22(29)27-18-3-2-12-26-15-18/h2-3,6,8,12-13,15,21H,4-5,7,9-11,14H2,1H3,(H,27,29)/t21-,23-,24-,25-/m1/s1. The lowest BCUT2D eigenvalue weighted by molar-refractivity contribution is -0.145. The molecule has 1 saturated heterocycles. The molecule has 1 N–H and O–H groups in total. The van der Waals surface area contributed by atoms with Crippen LogP contribution in [0.1, 0.15) is 51.9 Å². The molecule has 2 fully saturated rings. The van der Waals surface area contributed by atoms with Gasteiger partial charge < -0.3 is 10.1 Å². The highest BCUT2D eigenvalue weighted by Crippen LogP contribution is 2.66. The van der Waals surface area contributed by atoms with E-state index in [4.69, 9.17) is 4.74 Å². The third-order valence-corrected chi connectivity index (χ3v) is 8.25. The zero-order valence-corrected chi connectivity index (χ0v) is 17.2. The average Bonchev–Trinajstić information content (AvgIpc) is 3.24. The van der Waals surface area contributed by atoms with Crippen LogP contribution in [0, 0.1) is 11.3 Å². The van der Waals surface area contributed by atoms with Gasteiger partial charge in [0, 0.05) is 35.9 Å². The number of hydrogen-bond donors (Lipinski definition) is 1. The van der Waals surface area contributed by atoms with Gasteiger partial charge in [-0.25, -0.2) is 0 Å². The number of anilines is 1. The van der Waals surface area contributed by atoms with Crippen LogP contribution in [0.3, 0.4) is 0 Å². The highest BCUT2D eigenvalue weighted by atomic mass is 16.5. The van der Waals surface area contributed by atoms with Gasteiger partial charge in [-0.2, -0.15) is 0 Å². The molecule has 6 rings (SSSR count). The smallest absolute Gasteiger partial charge is 0.251 e. The second-order valence-corrected chi connectivity index (χ2v) is 9.75. The van der Waals surface area contributed by atoms with Gasteiger partial charge in [-0.15, -0.1) is 0 Å². The van der Waals surface area contributed by atoms with E-state index in [1.54, 1.807) is 12.4 Å². The summed E-state index contributed by atoms with van der Waals surface area (Å²) in [5.74, 6) is 0.485. The number of ether oxygens (including phenoxy) is 1. The fourth-order valence-corrected chi connectivity index (χ4v) is 6.79. The normalized spacial score (nSPS) is 38.6. The second kappa shape index (κ2) is 6.01. The lowest BCUT2D eigenvalue weighted by Gasteiger charge is -2.53. The summed E-state index contributed by atoms with van der Waals surface area (Å²) in [7, 11) is 0. The summed E-state index contributed by atoms with van der Waals surface area (Å²) in [6.07, 6.45) is 15.6. The van der Waals surface area contributed by atoms with E-state index < -0.39 is 5.60 Å². The zero-order valence-electron chi connectivity index (χ0n) is 17.2. The second-order valence-electron chi connectivity index (χ2n) is 9.75. The number of amides is 1. The first-order valence-corrected chi connectivity index (χ1v) is 11.0. The first-order valence-electron chi connectivity index (χ1n) is 11.0. The van der Waals surface area contributed by atoms with Crippen molar-refractivity contribution in [3.05, 3.63) is 59.5 Å². The van der Waals surface area contributed by atoms with Crippen LogP contribution in [0.25, 0.3) is 0 Å². The van der Waals surface area contributed by atoms with Gasteiger partial charge in [0.1, 0.15) is 5.78 Å². The van der Waals surface area contributed by atoms with Crippen LogP contribution in [0.15, 0.2) is 59.5 Å². The van der Waals surface area contributed by atoms with Crippen molar-refractivity contribution in [2.45, 2.75) is 63.1 Å². The minimum Gasteiger partial charge on any atom is -0.359 e. The Balaban J connectivity index is 1.35. The number of pyridine rings is 1. The van der Waals surface area contributed by atoms with E-state index in [0.717, 1.165) is 37.7 Å². The third-order valence-electron chi connectivity index (χ3n) is 8.25. The van der Waals surface area contributed by atoms with Crippen molar-refractivity contribution in [1.82, 2.24) is 4.98 Å². The molecule has 1 amide bonds. The molecule has 2 bridgehead atoms. The first-order chi connectivity index (χ1) is 14.5. The molecule has 4 atom stereocenters. The molecule has 2 aliphatic heterocycles. The molecular weight excluding hydrogens is 376 g/mol. The molecule has 5 heteroatoms. The number of hydrogen-bond acceptors (Lipinski definition) is 4. The molecule has 1 saturated carbocycles. The summed E-state index contributed by atoms with van der Waals surface area (Å²) in [5.41, 5.74) is 3.11. The summed E-state index contributed by atoms with van der Waals surface area (Å²) in [6, 6.07) is 3.68. The van der Waals surface area contributed by atoms with E-state index >= 15 is 0 Å². The zero-order chi connectivity index (χ0) is 20.6. The number of carbonyl (C=O) groups is 2. The average molecular weight is 402 g/mol. The molecule has 5 nitrogen and oxygen atoms in total. The Morgan fingerprint density at radius 2 is 2.17 bits per heavy atom. The molecule has 1 aromatic rings. The third kappa shape index (κ3) is 2.30. The minimum absolute atomic E-state index is 0.0474. The maximum absolute atomic E-state index is 13.2. The highest BCUT2D eigenvalue weighted by Gasteiger charge is 2.65. The molecular formula is C25H26N2O3. The van der Waals surface area contributed by atoms with Gasteiger partial charge in [0.2, 0.25) is 0 Å². The Kier molecular flexibility index (Phi) is 3.65. The topological polar surface area (TPSA) is 68.3 Å². The Bertz CT molecular complexity index is 1060. The minimum atomic E-state index is -0.397. The summed E-state index contributed by atoms with van der Waals surface area (Å²) in [6.45, 7) is 2.21. The van der Waals surface area contributed by atoms with Crippen molar-refractivity contribution in [3.8, 4) is 0 Å². The number of carbonyl (C=O) groups excluding carboxylic acids is 2. The molecule has 2 spiro atoms. The van der Waals surface area contributed by atoms with Crippen molar-refractivity contribution in [1.29, 1.82) is 0 Å². The number of nitrogens with zero attached hydrogens (tertiary/aromatic N) is 1. The predicted octanol–water partition coefficient (Wildman–Crippen LogP) is 4.28. The van der Waals surface area contributed by atoms with Crippen LogP contribution in [-0.2, 0) is 14.3 Å². The lowest BCUT2D eigenvalue weighted by atomic mass is 9.59. The largest absolute Gasteiger partial charge is 0.359 e. The molecule has 5 aliphatic rings. The van der Waals surface area contributed by atoms with Crippen molar-refractivity contribution < 1.29 is 14.3 Å². The first kappa shape index (κ1) is 18.3. The number of ketones is 1. The Morgan fingerprint density at radius 3 is 3.00 bits per heavy atom. The monoisotopic (exact) mass is 402 g/mol. The fourth-order valence-electron chi connectivity index (χ4n) is 6.79. The molecule has 3 heterocycles. The molecule has 3 aliphatic carbocycles. The van der Waals surface area contributed by atoms with Crippen molar-refractivity contribution >= 4 is 17.4 Å². The number of nitrogens with one attached hydrogen (secondary N) is 1. The Hall–Kier alpha value is -2.53. The summed E-state index contributed by atoms with van der Waals surface area (Å²) >= 11 is 0. The number of Topliss-reactive ketones (excluding diaryl/α,β-unsaturated/α-hetero) is 1. The molecule has 154 valence electrons. The van der Waals surface area contributed by atoms with Gasteiger partial charge >= 0.3 is 0 Å². The number of fused-ring (bicyclic) bond motifs is 1. The van der Waals surface area contributed by atoms with Gasteiger partial charge in [0.25, 0.3) is 5.91 Å². The van der Waals surface area contributed by atoms with Crippen molar-refractivity contribution in [2.24, 2.45) is 11.3 Å². The quantitative estimate of drug-likeness (QED) is 0.802. The van der Waals surface area contributed by atoms with E-state index in [2.05, 4.69) is 35.5 Å². The highest BCUT2D eigenvalue weighted by molar-refractivity contribution is 6.05. The molecule has 0 aromatic carbocycles. The number of allylic oxidation sites excluding steroid dienone is 2. The maximum atomic E-state index is 13.2. The fraction of sp³-hybridized carbons (Fsp3) is 0.480. The van der Waals surface area contributed by atoms with Crippen LogP contribution in [0.5, 0.6) is 0 Å². The number of aromatic nitrogens is 1. The lowest BCUT2D eigenvalue weighted by Crippen LogP contribution is -2.54. The molecule has 1 aromatic heterocycles. The van der Waals surface area contributed by atoms with Crippen LogP contribution >= 0.6 is 0 Å². The van der Waals surface area contributed by atoms with Gasteiger partial charge in [0.15, 0.2) is 0 Å². The maximum Gasteiger partial charge on any atom is 0.251 e. The van der Waals surface area contributed by atoms with Crippen LogP contribution in [0.2, 0.25) is 0 Å². The van der Waals surface area contributed by atoms with Gasteiger partial charge in [-0.05, 0) is 55.4 Å². The van der Waals surface area contributed by atoms with Crippen LogP contribution < -0.4 is 5.32 Å². The van der Waals surface area contributed by atoms with Gasteiger partial charge in [-0.1, -0.05) is 25.2 Å². The van der Waals surface area contributed by atoms with Crippen molar-refractivity contribution in [2.75, 3.05) is 5.32 Å². The van der Waals surface area contributed by atoms with E-state index in [1.165, 1.54) is 11.1 Å². The predicted molar refractivity (Wildman–Crippen MR) is 113 cm³/mol. The number of rotatable bonds is 2. The summed E-state index contributed by atoms with van der Waals surface area (Å²) in [4.78, 5) is 29.5. The summed E-state index contributed by atoms with van der Waals surface area (Å²) < 4.78 is 6.94. The van der Waals surface area contributed by atoms with Crippen LogP contribution in [0.4, 0.5) is 5.69 Å². The summed E-state index contributed by atoms with van der Waals surface area (Å²) in [5, 5.41) is 3.02. The van der Waals surface area contributed by atoms with Crippen LogP contribution in [-0.4, -0.2) is 27.9 Å². The van der Waals surface area contributed by atoms with E-state index in [1.807, 2.05) is 12.1 Å². The van der Waals surface area contributed by atoms with E-state index in [-0.39, 0.29) is 22.8 Å². The van der Waals surface area contributed by atoms with Crippen molar-refractivity contribution in [3.63, 3.8) is 0 Å². The van der Waals surface area contributed by atoms with Gasteiger partial charge in [0.05, 0.1) is 23.1 Å².